The van der Waals surface area contributed by atoms with Gasteiger partial charge in [-0.3, -0.25) is 4.79 Å². The molecule has 0 aliphatic rings. The number of rotatable bonds is 6. The van der Waals surface area contributed by atoms with Gasteiger partial charge in [0.2, 0.25) is 0 Å². The molecule has 0 aromatic heterocycles. The minimum Gasteiger partial charge on any atom is -0.497 e. The van der Waals surface area contributed by atoms with E-state index >= 15 is 0 Å². The number of hydrogen-bond donors (Lipinski definition) is 1. The number of nitrogens with one attached hydrogen (secondary N) is 1. The molecular weight excluding hydrogens is 402 g/mol. The first-order chi connectivity index (χ1) is 14.2. The number of benzene rings is 3. The zero-order chi connectivity index (χ0) is 21.9. The number of anilines is 1. The third-order valence-corrected chi connectivity index (χ3v) is 5.87. The summed E-state index contributed by atoms with van der Waals surface area (Å²) in [5.41, 5.74) is 3.42. The fourth-order valence-electron chi connectivity index (χ4n) is 2.98. The molecule has 0 aliphatic carbocycles. The van der Waals surface area contributed by atoms with Crippen molar-refractivity contribution < 1.29 is 22.1 Å². The van der Waals surface area contributed by atoms with Crippen molar-refractivity contribution in [3.63, 3.8) is 0 Å². The van der Waals surface area contributed by atoms with E-state index in [9.17, 15) is 13.2 Å². The molecule has 1 N–H and O–H groups in total. The maximum absolute atomic E-state index is 12.6. The fraction of sp³-hybridized carbons (Fsp3) is 0.174. The molecule has 0 fully saturated rings. The van der Waals surface area contributed by atoms with Gasteiger partial charge in [-0.2, -0.15) is 8.42 Å². The molecule has 0 saturated carbocycles. The molecule has 0 radical (unpaired) electrons. The average Bonchev–Trinajstić information content (AvgIpc) is 2.70. The normalized spacial score (nSPS) is 11.1. The SMILES string of the molecule is COc1ccc(C(=O)Nc2c(C)cc(OS(=O)(=O)c3ccc(C)cc3)cc2C)cc1. The molecule has 0 atom stereocenters. The summed E-state index contributed by atoms with van der Waals surface area (Å²) in [7, 11) is -2.39. The Morgan fingerprint density at radius 2 is 1.40 bits per heavy atom. The van der Waals surface area contributed by atoms with Crippen LogP contribution in [0.5, 0.6) is 11.5 Å². The second-order valence-corrected chi connectivity index (χ2v) is 8.51. The summed E-state index contributed by atoms with van der Waals surface area (Å²) in [5.74, 6) is 0.577. The van der Waals surface area contributed by atoms with Crippen LogP contribution in [0.1, 0.15) is 27.0 Å². The van der Waals surface area contributed by atoms with Crippen molar-refractivity contribution in [1.29, 1.82) is 0 Å². The van der Waals surface area contributed by atoms with Gasteiger partial charge in [0.05, 0.1) is 7.11 Å². The zero-order valence-corrected chi connectivity index (χ0v) is 18.0. The van der Waals surface area contributed by atoms with Gasteiger partial charge in [-0.15, -0.1) is 0 Å². The van der Waals surface area contributed by atoms with E-state index in [0.717, 1.165) is 5.56 Å². The second-order valence-electron chi connectivity index (χ2n) is 6.97. The lowest BCUT2D eigenvalue weighted by molar-refractivity contribution is 0.102. The fourth-order valence-corrected chi connectivity index (χ4v) is 3.89. The molecule has 0 heterocycles. The van der Waals surface area contributed by atoms with Crippen LogP contribution >= 0.6 is 0 Å². The smallest absolute Gasteiger partial charge is 0.339 e. The Hall–Kier alpha value is -3.32. The molecule has 156 valence electrons. The van der Waals surface area contributed by atoms with Crippen molar-refractivity contribution >= 4 is 21.7 Å². The predicted molar refractivity (Wildman–Crippen MR) is 116 cm³/mol. The summed E-state index contributed by atoms with van der Waals surface area (Å²) in [6.45, 7) is 5.44. The Morgan fingerprint density at radius 3 is 1.93 bits per heavy atom. The second kappa shape index (κ2) is 8.59. The highest BCUT2D eigenvalue weighted by molar-refractivity contribution is 7.87. The number of hydrogen-bond acceptors (Lipinski definition) is 5. The average molecular weight is 426 g/mol. The maximum Gasteiger partial charge on any atom is 0.339 e. The van der Waals surface area contributed by atoms with E-state index in [2.05, 4.69) is 5.32 Å². The number of carbonyl (C=O) groups is 1. The monoisotopic (exact) mass is 425 g/mol. The van der Waals surface area contributed by atoms with Crippen LogP contribution in [0, 0.1) is 20.8 Å². The first-order valence-corrected chi connectivity index (χ1v) is 10.7. The summed E-state index contributed by atoms with van der Waals surface area (Å²) >= 11 is 0. The summed E-state index contributed by atoms with van der Waals surface area (Å²) < 4.78 is 35.5. The van der Waals surface area contributed by atoms with Crippen molar-refractivity contribution in [2.24, 2.45) is 0 Å². The molecule has 3 aromatic rings. The van der Waals surface area contributed by atoms with Gasteiger partial charge in [0, 0.05) is 11.3 Å². The summed E-state index contributed by atoms with van der Waals surface area (Å²) in [5, 5.41) is 2.88. The van der Waals surface area contributed by atoms with Gasteiger partial charge in [-0.25, -0.2) is 0 Å². The Kier molecular flexibility index (Phi) is 6.12. The molecular formula is C23H23NO5S. The van der Waals surface area contributed by atoms with Crippen LogP contribution in [-0.4, -0.2) is 21.4 Å². The van der Waals surface area contributed by atoms with E-state index in [1.165, 1.54) is 12.1 Å². The summed E-state index contributed by atoms with van der Waals surface area (Å²) in [6.07, 6.45) is 0. The highest BCUT2D eigenvalue weighted by Crippen LogP contribution is 2.29. The van der Waals surface area contributed by atoms with Crippen molar-refractivity contribution in [3.8, 4) is 11.5 Å². The first-order valence-electron chi connectivity index (χ1n) is 9.27. The zero-order valence-electron chi connectivity index (χ0n) is 17.2. The van der Waals surface area contributed by atoms with Gasteiger partial charge in [-0.05, 0) is 80.4 Å². The highest BCUT2D eigenvalue weighted by atomic mass is 32.2. The molecule has 7 heteroatoms. The quantitative estimate of drug-likeness (QED) is 0.582. The Morgan fingerprint density at radius 1 is 0.833 bits per heavy atom. The maximum atomic E-state index is 12.6. The van der Waals surface area contributed by atoms with E-state index in [4.69, 9.17) is 8.92 Å². The molecule has 3 rings (SSSR count). The number of amides is 1. The van der Waals surface area contributed by atoms with Crippen molar-refractivity contribution in [3.05, 3.63) is 82.9 Å². The van der Waals surface area contributed by atoms with Crippen LogP contribution in [0.2, 0.25) is 0 Å². The molecule has 0 saturated heterocycles. The van der Waals surface area contributed by atoms with Gasteiger partial charge in [-0.1, -0.05) is 17.7 Å². The molecule has 0 spiro atoms. The van der Waals surface area contributed by atoms with Crippen molar-refractivity contribution in [2.45, 2.75) is 25.7 Å². The highest BCUT2D eigenvalue weighted by Gasteiger charge is 2.18. The number of aryl methyl sites for hydroxylation is 3. The molecule has 3 aromatic carbocycles. The number of carbonyl (C=O) groups excluding carboxylic acids is 1. The lowest BCUT2D eigenvalue weighted by Gasteiger charge is -2.15. The van der Waals surface area contributed by atoms with Gasteiger partial charge >= 0.3 is 10.1 Å². The van der Waals surface area contributed by atoms with Gasteiger partial charge < -0.3 is 14.2 Å². The third-order valence-electron chi connectivity index (χ3n) is 4.61. The predicted octanol–water partition coefficient (Wildman–Crippen LogP) is 4.64. The van der Waals surface area contributed by atoms with E-state index in [1.807, 2.05) is 6.92 Å². The minimum absolute atomic E-state index is 0.0836. The molecule has 6 nitrogen and oxygen atoms in total. The first kappa shape index (κ1) is 21.4. The molecule has 0 bridgehead atoms. The Bertz CT molecular complexity index is 1140. The van der Waals surface area contributed by atoms with Gasteiger partial charge in [0.1, 0.15) is 16.4 Å². The van der Waals surface area contributed by atoms with Crippen molar-refractivity contribution in [2.75, 3.05) is 12.4 Å². The number of methoxy groups -OCH3 is 1. The Balaban J connectivity index is 1.81. The lowest BCUT2D eigenvalue weighted by atomic mass is 10.1. The van der Waals surface area contributed by atoms with Crippen LogP contribution in [0.4, 0.5) is 5.69 Å². The van der Waals surface area contributed by atoms with Crippen LogP contribution in [0.3, 0.4) is 0 Å². The van der Waals surface area contributed by atoms with Gasteiger partial charge in [0.25, 0.3) is 5.91 Å². The van der Waals surface area contributed by atoms with Crippen LogP contribution in [-0.2, 0) is 10.1 Å². The molecule has 30 heavy (non-hydrogen) atoms. The van der Waals surface area contributed by atoms with Crippen molar-refractivity contribution in [1.82, 2.24) is 0 Å². The minimum atomic E-state index is -3.95. The summed E-state index contributed by atoms with van der Waals surface area (Å²) in [6, 6.07) is 16.4. The van der Waals surface area contributed by atoms with E-state index < -0.39 is 10.1 Å². The molecule has 0 aliphatic heterocycles. The summed E-state index contributed by atoms with van der Waals surface area (Å²) in [4.78, 5) is 12.6. The van der Waals surface area contributed by atoms with Crippen LogP contribution in [0.15, 0.2) is 65.6 Å². The van der Waals surface area contributed by atoms with E-state index in [1.54, 1.807) is 69.5 Å². The van der Waals surface area contributed by atoms with E-state index in [0.29, 0.717) is 28.1 Å². The molecule has 0 unspecified atom stereocenters. The molecule has 1 amide bonds. The van der Waals surface area contributed by atoms with Crippen LogP contribution < -0.4 is 14.2 Å². The van der Waals surface area contributed by atoms with E-state index in [-0.39, 0.29) is 16.6 Å². The van der Waals surface area contributed by atoms with Gasteiger partial charge in [0.15, 0.2) is 0 Å². The topological polar surface area (TPSA) is 81.7 Å². The van der Waals surface area contributed by atoms with Crippen LogP contribution in [0.25, 0.3) is 0 Å². The largest absolute Gasteiger partial charge is 0.497 e. The Labute approximate surface area is 176 Å². The number of ether oxygens (including phenoxy) is 1. The third kappa shape index (κ3) is 4.80. The standard InChI is InChI=1S/C23H23NO5S/c1-15-5-11-21(12-6-15)30(26,27)29-20-13-16(2)22(17(3)14-20)24-23(25)18-7-9-19(28-4)10-8-18/h5-14H,1-4H3,(H,24,25). The lowest BCUT2D eigenvalue weighted by Crippen LogP contribution is -2.14.